The second kappa shape index (κ2) is 9.95. The van der Waals surface area contributed by atoms with Crippen LogP contribution in [0.4, 0.5) is 0 Å². The maximum absolute atomic E-state index is 12.5. The topological polar surface area (TPSA) is 108 Å². The Morgan fingerprint density at radius 2 is 1.86 bits per heavy atom. The minimum absolute atomic E-state index is 0.125. The molecule has 2 N–H and O–H groups in total. The Hall–Kier alpha value is -2.30. The van der Waals surface area contributed by atoms with Crippen LogP contribution in [0.15, 0.2) is 46.2 Å². The van der Waals surface area contributed by atoms with Crippen LogP contribution in [0.5, 0.6) is 0 Å². The van der Waals surface area contributed by atoms with Crippen LogP contribution < -0.4 is 10.6 Å². The zero-order valence-electron chi connectivity index (χ0n) is 15.9. The molecule has 0 radical (unpaired) electrons. The molecule has 0 aromatic carbocycles. The third-order valence-corrected chi connectivity index (χ3v) is 8.08. The van der Waals surface area contributed by atoms with Crippen LogP contribution in [0, 0.1) is 5.92 Å². The molecule has 1 saturated heterocycles. The highest BCUT2D eigenvalue weighted by Gasteiger charge is 2.32. The summed E-state index contributed by atoms with van der Waals surface area (Å²) in [7, 11) is -3.46. The third-order valence-electron chi connectivity index (χ3n) is 4.80. The van der Waals surface area contributed by atoms with E-state index in [-0.39, 0.29) is 30.7 Å². The maximum Gasteiger partial charge on any atom is 0.252 e. The lowest BCUT2D eigenvalue weighted by Crippen LogP contribution is -2.43. The number of rotatable bonds is 8. The average molecular weight is 437 g/mol. The van der Waals surface area contributed by atoms with Crippen LogP contribution in [0.2, 0.25) is 0 Å². The molecule has 8 nitrogen and oxygen atoms in total. The predicted octanol–water partition coefficient (Wildman–Crippen LogP) is 1.37. The number of carbonyl (C=O) groups excluding carboxylic acids is 2. The first-order chi connectivity index (χ1) is 14.0. The molecule has 0 bridgehead atoms. The number of pyridine rings is 1. The minimum atomic E-state index is -3.46. The summed E-state index contributed by atoms with van der Waals surface area (Å²) in [5.41, 5.74) is 0.960. The van der Waals surface area contributed by atoms with Gasteiger partial charge in [-0.15, -0.1) is 11.3 Å². The first kappa shape index (κ1) is 21.4. The van der Waals surface area contributed by atoms with Gasteiger partial charge in [0.2, 0.25) is 11.8 Å². The molecule has 0 unspecified atom stereocenters. The van der Waals surface area contributed by atoms with E-state index >= 15 is 0 Å². The molecule has 0 saturated carbocycles. The standard InChI is InChI=1S/C19H24N4O4S2/c24-17(22-14-15-3-8-20-9-4-15)5-10-21-19(25)16-6-11-23(12-7-16)29(26,27)18-2-1-13-28-18/h1-4,8-9,13,16H,5-7,10-12,14H2,(H,21,25)(H,22,24). The highest BCUT2D eigenvalue weighted by molar-refractivity contribution is 7.91. The molecular formula is C19H24N4O4S2. The number of nitrogens with zero attached hydrogens (tertiary/aromatic N) is 2. The molecule has 3 rings (SSSR count). The van der Waals surface area contributed by atoms with Crippen LogP contribution in [0.1, 0.15) is 24.8 Å². The number of thiophene rings is 1. The fraction of sp³-hybridized carbons (Fsp3) is 0.421. The number of hydrogen-bond acceptors (Lipinski definition) is 6. The smallest absolute Gasteiger partial charge is 0.252 e. The summed E-state index contributed by atoms with van der Waals surface area (Å²) >= 11 is 1.20. The van der Waals surface area contributed by atoms with E-state index in [0.29, 0.717) is 36.7 Å². The van der Waals surface area contributed by atoms with Crippen molar-refractivity contribution in [3.63, 3.8) is 0 Å². The monoisotopic (exact) mass is 436 g/mol. The number of sulfonamides is 1. The minimum Gasteiger partial charge on any atom is -0.355 e. The van der Waals surface area contributed by atoms with Gasteiger partial charge in [-0.1, -0.05) is 6.07 Å². The first-order valence-electron chi connectivity index (χ1n) is 9.44. The van der Waals surface area contributed by atoms with E-state index in [2.05, 4.69) is 15.6 Å². The highest BCUT2D eigenvalue weighted by atomic mass is 32.2. The van der Waals surface area contributed by atoms with E-state index in [1.165, 1.54) is 15.6 Å². The Bertz CT molecular complexity index is 909. The van der Waals surface area contributed by atoms with Gasteiger partial charge in [-0.3, -0.25) is 14.6 Å². The van der Waals surface area contributed by atoms with Crippen molar-refractivity contribution in [2.24, 2.45) is 5.92 Å². The van der Waals surface area contributed by atoms with Crippen molar-refractivity contribution in [2.75, 3.05) is 19.6 Å². The molecule has 0 aliphatic carbocycles. The summed E-state index contributed by atoms with van der Waals surface area (Å²) in [4.78, 5) is 28.1. The van der Waals surface area contributed by atoms with Crippen molar-refractivity contribution in [2.45, 2.75) is 30.0 Å². The van der Waals surface area contributed by atoms with E-state index < -0.39 is 10.0 Å². The molecule has 10 heteroatoms. The van der Waals surface area contributed by atoms with Gasteiger partial charge in [0, 0.05) is 50.9 Å². The van der Waals surface area contributed by atoms with Crippen molar-refractivity contribution in [3.05, 3.63) is 47.6 Å². The van der Waals surface area contributed by atoms with Gasteiger partial charge in [0.25, 0.3) is 10.0 Å². The summed E-state index contributed by atoms with van der Waals surface area (Å²) in [5, 5.41) is 7.32. The molecule has 3 heterocycles. The maximum atomic E-state index is 12.5. The van der Waals surface area contributed by atoms with Gasteiger partial charge in [-0.2, -0.15) is 4.31 Å². The fourth-order valence-corrected chi connectivity index (χ4v) is 5.74. The van der Waals surface area contributed by atoms with E-state index in [1.54, 1.807) is 29.9 Å². The number of aromatic nitrogens is 1. The Morgan fingerprint density at radius 3 is 2.52 bits per heavy atom. The highest BCUT2D eigenvalue weighted by Crippen LogP contribution is 2.26. The number of hydrogen-bond donors (Lipinski definition) is 2. The predicted molar refractivity (Wildman–Crippen MR) is 110 cm³/mol. The van der Waals surface area contributed by atoms with Gasteiger partial charge in [0.15, 0.2) is 0 Å². The van der Waals surface area contributed by atoms with Crippen LogP contribution in [-0.4, -0.2) is 49.2 Å². The number of nitrogens with one attached hydrogen (secondary N) is 2. The summed E-state index contributed by atoms with van der Waals surface area (Å²) < 4.78 is 26.8. The van der Waals surface area contributed by atoms with E-state index in [1.807, 2.05) is 12.1 Å². The fourth-order valence-electron chi connectivity index (χ4n) is 3.13. The Labute approximate surface area is 174 Å². The van der Waals surface area contributed by atoms with Crippen molar-refractivity contribution in [3.8, 4) is 0 Å². The summed E-state index contributed by atoms with van der Waals surface area (Å²) in [6.07, 6.45) is 4.48. The third kappa shape index (κ3) is 5.84. The molecule has 1 aliphatic rings. The molecule has 29 heavy (non-hydrogen) atoms. The molecule has 1 aliphatic heterocycles. The second-order valence-electron chi connectivity index (χ2n) is 6.78. The summed E-state index contributed by atoms with van der Waals surface area (Å²) in [6, 6.07) is 6.96. The van der Waals surface area contributed by atoms with Crippen LogP contribution in [0.25, 0.3) is 0 Å². The number of carbonyl (C=O) groups is 2. The molecule has 156 valence electrons. The summed E-state index contributed by atoms with van der Waals surface area (Å²) in [6.45, 7) is 1.33. The molecule has 2 amide bonds. The van der Waals surface area contributed by atoms with Crippen LogP contribution in [-0.2, 0) is 26.2 Å². The van der Waals surface area contributed by atoms with Gasteiger partial charge in [0.05, 0.1) is 0 Å². The van der Waals surface area contributed by atoms with Crippen molar-refractivity contribution >= 4 is 33.2 Å². The Morgan fingerprint density at radius 1 is 1.14 bits per heavy atom. The number of piperidine rings is 1. The van der Waals surface area contributed by atoms with Crippen LogP contribution in [0.3, 0.4) is 0 Å². The lowest BCUT2D eigenvalue weighted by atomic mass is 9.97. The zero-order chi connectivity index (χ0) is 20.7. The van der Waals surface area contributed by atoms with E-state index in [0.717, 1.165) is 5.56 Å². The Kier molecular flexibility index (Phi) is 7.34. The first-order valence-corrected chi connectivity index (χ1v) is 11.8. The van der Waals surface area contributed by atoms with Gasteiger partial charge in [-0.05, 0) is 42.0 Å². The van der Waals surface area contributed by atoms with Crippen LogP contribution >= 0.6 is 11.3 Å². The van der Waals surface area contributed by atoms with Crippen molar-refractivity contribution in [1.82, 2.24) is 19.9 Å². The number of amides is 2. The van der Waals surface area contributed by atoms with E-state index in [9.17, 15) is 18.0 Å². The lowest BCUT2D eigenvalue weighted by Gasteiger charge is -2.30. The van der Waals surface area contributed by atoms with Gasteiger partial charge >= 0.3 is 0 Å². The average Bonchev–Trinajstić information content (AvgIpc) is 3.29. The second-order valence-corrected chi connectivity index (χ2v) is 9.90. The lowest BCUT2D eigenvalue weighted by molar-refractivity contribution is -0.126. The van der Waals surface area contributed by atoms with Gasteiger partial charge in [0.1, 0.15) is 4.21 Å². The van der Waals surface area contributed by atoms with Crippen molar-refractivity contribution in [1.29, 1.82) is 0 Å². The van der Waals surface area contributed by atoms with Gasteiger partial charge in [-0.25, -0.2) is 8.42 Å². The Balaban J connectivity index is 1.36. The van der Waals surface area contributed by atoms with E-state index in [4.69, 9.17) is 0 Å². The molecule has 0 atom stereocenters. The SMILES string of the molecule is O=C(CCNC(=O)C1CCN(S(=O)(=O)c2cccs2)CC1)NCc1ccncc1. The molecule has 2 aromatic heterocycles. The molecule has 1 fully saturated rings. The van der Waals surface area contributed by atoms with Crippen molar-refractivity contribution < 1.29 is 18.0 Å². The molecule has 0 spiro atoms. The molecular weight excluding hydrogens is 412 g/mol. The zero-order valence-corrected chi connectivity index (χ0v) is 17.5. The molecule has 2 aromatic rings. The quantitative estimate of drug-likeness (QED) is 0.650. The largest absolute Gasteiger partial charge is 0.355 e. The summed E-state index contributed by atoms with van der Waals surface area (Å²) in [5.74, 6) is -0.497. The van der Waals surface area contributed by atoms with Gasteiger partial charge < -0.3 is 10.6 Å². The normalized spacial score (nSPS) is 15.7.